The van der Waals surface area contributed by atoms with Crippen LogP contribution in [0.4, 0.5) is 0 Å². The maximum Gasteiger partial charge on any atom is 0.329 e. The Balaban J connectivity index is 1.79. The summed E-state index contributed by atoms with van der Waals surface area (Å²) in [5.41, 5.74) is -1.06. The minimum absolute atomic E-state index is 0.0223. The maximum atomic E-state index is 11.7. The Bertz CT molecular complexity index is 319. The summed E-state index contributed by atoms with van der Waals surface area (Å²) in [5.74, 6) is -0.612. The lowest BCUT2D eigenvalue weighted by atomic mass is 9.81. The summed E-state index contributed by atoms with van der Waals surface area (Å²) in [4.78, 5) is 23.1. The highest BCUT2D eigenvalue weighted by molar-refractivity contribution is 5.87. The zero-order valence-electron chi connectivity index (χ0n) is 10.6. The number of rotatable bonds is 6. The Labute approximate surface area is 107 Å². The molecule has 0 spiro atoms. The summed E-state index contributed by atoms with van der Waals surface area (Å²) in [6.07, 6.45) is 6.17. The van der Waals surface area contributed by atoms with Crippen molar-refractivity contribution in [3.63, 3.8) is 0 Å². The van der Waals surface area contributed by atoms with Gasteiger partial charge in [-0.25, -0.2) is 4.79 Å². The van der Waals surface area contributed by atoms with Gasteiger partial charge in [0.25, 0.3) is 0 Å². The van der Waals surface area contributed by atoms with E-state index in [-0.39, 0.29) is 12.5 Å². The number of carboxylic acid groups (broad SMARTS) is 1. The van der Waals surface area contributed by atoms with Gasteiger partial charge in [-0.3, -0.25) is 4.79 Å². The molecule has 2 rings (SSSR count). The molecule has 2 aliphatic carbocycles. The van der Waals surface area contributed by atoms with Crippen LogP contribution in [0, 0.1) is 5.92 Å². The Morgan fingerprint density at radius 1 is 1.22 bits per heavy atom. The molecule has 0 aromatic carbocycles. The smallest absolute Gasteiger partial charge is 0.329 e. The van der Waals surface area contributed by atoms with Gasteiger partial charge in [0.2, 0.25) is 5.91 Å². The molecular weight excluding hydrogens is 234 g/mol. The Morgan fingerprint density at radius 2 is 1.89 bits per heavy atom. The summed E-state index contributed by atoms with van der Waals surface area (Å²) in [6.45, 7) is 0.596. The first kappa shape index (κ1) is 13.3. The predicted molar refractivity (Wildman–Crippen MR) is 65.1 cm³/mol. The predicted octanol–water partition coefficient (Wildman–Crippen LogP) is 1.32. The van der Waals surface area contributed by atoms with Gasteiger partial charge >= 0.3 is 5.97 Å². The summed E-state index contributed by atoms with van der Waals surface area (Å²) in [6, 6.07) is 0. The van der Waals surface area contributed by atoms with E-state index in [0.717, 1.165) is 19.3 Å². The third-order valence-electron chi connectivity index (χ3n) is 3.78. The number of carbonyl (C=O) groups excluding carboxylic acids is 1. The standard InChI is InChI=1S/C13H21NO4/c15-11(9-18-8-10-4-5-10)14-13(12(16)17)6-2-1-3-7-13/h10H,1-9H2,(H,14,15)(H,16,17). The van der Waals surface area contributed by atoms with Crippen molar-refractivity contribution in [3.8, 4) is 0 Å². The van der Waals surface area contributed by atoms with Gasteiger partial charge in [-0.2, -0.15) is 0 Å². The first-order chi connectivity index (χ1) is 8.62. The molecule has 2 N–H and O–H groups in total. The summed E-state index contributed by atoms with van der Waals surface area (Å²) < 4.78 is 5.28. The quantitative estimate of drug-likeness (QED) is 0.750. The van der Waals surface area contributed by atoms with Crippen LogP contribution in [0.5, 0.6) is 0 Å². The molecule has 0 bridgehead atoms. The Morgan fingerprint density at radius 3 is 2.44 bits per heavy atom. The molecule has 2 fully saturated rings. The molecule has 0 heterocycles. The lowest BCUT2D eigenvalue weighted by Crippen LogP contribution is -2.56. The van der Waals surface area contributed by atoms with Crippen LogP contribution >= 0.6 is 0 Å². The van der Waals surface area contributed by atoms with E-state index in [9.17, 15) is 14.7 Å². The van der Waals surface area contributed by atoms with E-state index in [1.807, 2.05) is 0 Å². The molecule has 1 amide bonds. The van der Waals surface area contributed by atoms with Crippen molar-refractivity contribution in [3.05, 3.63) is 0 Å². The molecule has 102 valence electrons. The zero-order valence-corrected chi connectivity index (χ0v) is 10.6. The second kappa shape index (κ2) is 5.69. The maximum absolute atomic E-state index is 11.7. The van der Waals surface area contributed by atoms with Gasteiger partial charge in [0.1, 0.15) is 12.1 Å². The van der Waals surface area contributed by atoms with Gasteiger partial charge in [0, 0.05) is 0 Å². The fourth-order valence-corrected chi connectivity index (χ4v) is 2.45. The highest BCUT2D eigenvalue weighted by Gasteiger charge is 2.40. The molecule has 0 atom stereocenters. The van der Waals surface area contributed by atoms with Crippen LogP contribution in [-0.2, 0) is 14.3 Å². The van der Waals surface area contributed by atoms with Crippen molar-refractivity contribution in [1.82, 2.24) is 5.32 Å². The molecule has 0 radical (unpaired) electrons. The van der Waals surface area contributed by atoms with Crippen LogP contribution in [0.25, 0.3) is 0 Å². The van der Waals surface area contributed by atoms with Gasteiger partial charge in [0.15, 0.2) is 0 Å². The third kappa shape index (κ3) is 3.45. The molecule has 2 saturated carbocycles. The normalized spacial score (nSPS) is 22.4. The number of aliphatic carboxylic acids is 1. The van der Waals surface area contributed by atoms with Crippen molar-refractivity contribution < 1.29 is 19.4 Å². The van der Waals surface area contributed by atoms with Crippen molar-refractivity contribution in [2.75, 3.05) is 13.2 Å². The van der Waals surface area contributed by atoms with E-state index in [2.05, 4.69) is 5.32 Å². The molecule has 5 nitrogen and oxygen atoms in total. The van der Waals surface area contributed by atoms with Crippen LogP contribution in [-0.4, -0.2) is 35.7 Å². The Kier molecular flexibility index (Phi) is 4.22. The summed E-state index contributed by atoms with van der Waals surface area (Å²) in [7, 11) is 0. The highest BCUT2D eigenvalue weighted by atomic mass is 16.5. The minimum atomic E-state index is -1.06. The van der Waals surface area contributed by atoms with Crippen molar-refractivity contribution in [1.29, 1.82) is 0 Å². The molecule has 18 heavy (non-hydrogen) atoms. The van der Waals surface area contributed by atoms with E-state index in [1.54, 1.807) is 0 Å². The topological polar surface area (TPSA) is 75.6 Å². The van der Waals surface area contributed by atoms with Crippen LogP contribution in [0.15, 0.2) is 0 Å². The number of carbonyl (C=O) groups is 2. The lowest BCUT2D eigenvalue weighted by molar-refractivity contribution is -0.150. The number of ether oxygens (including phenoxy) is 1. The van der Waals surface area contributed by atoms with Gasteiger partial charge in [-0.15, -0.1) is 0 Å². The average molecular weight is 255 g/mol. The van der Waals surface area contributed by atoms with Crippen LogP contribution in [0.3, 0.4) is 0 Å². The zero-order chi connectivity index (χ0) is 13.0. The van der Waals surface area contributed by atoms with Crippen LogP contribution < -0.4 is 5.32 Å². The summed E-state index contributed by atoms with van der Waals surface area (Å²) in [5, 5.41) is 12.0. The van der Waals surface area contributed by atoms with Crippen molar-refractivity contribution >= 4 is 11.9 Å². The molecule has 0 aromatic rings. The fourth-order valence-electron chi connectivity index (χ4n) is 2.45. The van der Waals surface area contributed by atoms with Gasteiger partial charge in [-0.05, 0) is 31.6 Å². The molecular formula is C13H21NO4. The molecule has 0 aromatic heterocycles. The largest absolute Gasteiger partial charge is 0.480 e. The van der Waals surface area contributed by atoms with Crippen LogP contribution in [0.1, 0.15) is 44.9 Å². The number of hydrogen-bond donors (Lipinski definition) is 2. The lowest BCUT2D eigenvalue weighted by Gasteiger charge is -2.33. The summed E-state index contributed by atoms with van der Waals surface area (Å²) >= 11 is 0. The van der Waals surface area contributed by atoms with E-state index in [4.69, 9.17) is 4.74 Å². The van der Waals surface area contributed by atoms with Gasteiger partial charge in [0.05, 0.1) is 6.61 Å². The third-order valence-corrected chi connectivity index (χ3v) is 3.78. The second-order valence-electron chi connectivity index (χ2n) is 5.45. The molecule has 5 heteroatoms. The number of amides is 1. The second-order valence-corrected chi connectivity index (χ2v) is 5.45. The van der Waals surface area contributed by atoms with E-state index < -0.39 is 11.5 Å². The number of carboxylic acids is 1. The van der Waals surface area contributed by atoms with E-state index in [1.165, 1.54) is 12.8 Å². The molecule has 2 aliphatic rings. The van der Waals surface area contributed by atoms with Gasteiger partial charge < -0.3 is 15.2 Å². The first-order valence-corrected chi connectivity index (χ1v) is 6.74. The monoisotopic (exact) mass is 255 g/mol. The first-order valence-electron chi connectivity index (χ1n) is 6.74. The SMILES string of the molecule is O=C(COCC1CC1)NC1(C(=O)O)CCCCC1. The fraction of sp³-hybridized carbons (Fsp3) is 0.846. The molecule has 0 unspecified atom stereocenters. The van der Waals surface area contributed by atoms with Crippen molar-refractivity contribution in [2.24, 2.45) is 5.92 Å². The molecule has 0 saturated heterocycles. The van der Waals surface area contributed by atoms with Gasteiger partial charge in [-0.1, -0.05) is 19.3 Å². The number of hydrogen-bond acceptors (Lipinski definition) is 3. The highest BCUT2D eigenvalue weighted by Crippen LogP contribution is 2.29. The van der Waals surface area contributed by atoms with E-state index in [0.29, 0.717) is 25.4 Å². The van der Waals surface area contributed by atoms with Crippen LogP contribution in [0.2, 0.25) is 0 Å². The Hall–Kier alpha value is -1.10. The molecule has 0 aliphatic heterocycles. The average Bonchev–Trinajstić information content (AvgIpc) is 3.14. The number of nitrogens with one attached hydrogen (secondary N) is 1. The van der Waals surface area contributed by atoms with Crippen molar-refractivity contribution in [2.45, 2.75) is 50.5 Å². The van der Waals surface area contributed by atoms with E-state index >= 15 is 0 Å². The minimum Gasteiger partial charge on any atom is -0.480 e.